The Balaban J connectivity index is 1.83. The lowest BCUT2D eigenvalue weighted by molar-refractivity contribution is 0.373. The molecule has 88 valence electrons. The van der Waals surface area contributed by atoms with Crippen molar-refractivity contribution >= 4 is 11.6 Å². The molecule has 2 rings (SSSR count). The van der Waals surface area contributed by atoms with Gasteiger partial charge in [-0.15, -0.1) is 0 Å². The first-order valence-electron chi connectivity index (χ1n) is 5.91. The van der Waals surface area contributed by atoms with E-state index in [1.54, 1.807) is 12.4 Å². The molecule has 1 aromatic rings. The van der Waals surface area contributed by atoms with Gasteiger partial charge in [-0.1, -0.05) is 19.3 Å². The van der Waals surface area contributed by atoms with Gasteiger partial charge in [0.05, 0.1) is 12.4 Å². The number of hydrogen-bond donors (Lipinski definition) is 3. The average molecular weight is 221 g/mol. The minimum Gasteiger partial charge on any atom is -0.368 e. The molecule has 0 amide bonds. The Morgan fingerprint density at radius 2 is 1.94 bits per heavy atom. The van der Waals surface area contributed by atoms with Crippen LogP contribution in [0.25, 0.3) is 0 Å². The Kier molecular flexibility index (Phi) is 3.93. The fourth-order valence-electron chi connectivity index (χ4n) is 2.16. The molecule has 0 saturated heterocycles. The predicted molar refractivity (Wildman–Crippen MR) is 64.9 cm³/mol. The fraction of sp³-hybridized carbons (Fsp3) is 0.636. The van der Waals surface area contributed by atoms with Gasteiger partial charge < -0.3 is 10.7 Å². The van der Waals surface area contributed by atoms with Gasteiger partial charge in [0.15, 0.2) is 5.82 Å². The van der Waals surface area contributed by atoms with Gasteiger partial charge in [0.1, 0.15) is 5.82 Å². The molecule has 5 heteroatoms. The molecule has 16 heavy (non-hydrogen) atoms. The molecule has 0 aliphatic heterocycles. The zero-order valence-corrected chi connectivity index (χ0v) is 9.45. The first-order valence-corrected chi connectivity index (χ1v) is 5.91. The third-order valence-electron chi connectivity index (χ3n) is 3.08. The maximum absolute atomic E-state index is 5.28. The monoisotopic (exact) mass is 221 g/mol. The molecule has 0 atom stereocenters. The van der Waals surface area contributed by atoms with Gasteiger partial charge >= 0.3 is 0 Å². The highest BCUT2D eigenvalue weighted by atomic mass is 15.3. The van der Waals surface area contributed by atoms with Gasteiger partial charge in [-0.05, 0) is 18.8 Å². The Labute approximate surface area is 95.8 Å². The quantitative estimate of drug-likeness (QED) is 0.533. The number of nitrogens with two attached hydrogens (primary N) is 1. The normalized spacial score (nSPS) is 17.1. The minimum atomic E-state index is 0.591. The van der Waals surface area contributed by atoms with Crippen molar-refractivity contribution in [3.63, 3.8) is 0 Å². The van der Waals surface area contributed by atoms with E-state index in [0.717, 1.165) is 18.3 Å². The van der Waals surface area contributed by atoms with E-state index in [1.165, 1.54) is 32.1 Å². The summed E-state index contributed by atoms with van der Waals surface area (Å²) in [6.45, 7) is 0.989. The summed E-state index contributed by atoms with van der Waals surface area (Å²) < 4.78 is 0. The van der Waals surface area contributed by atoms with Crippen molar-refractivity contribution in [2.45, 2.75) is 32.1 Å². The SMILES string of the molecule is NNc1cncc(NCC2CCCCC2)n1. The maximum Gasteiger partial charge on any atom is 0.160 e. The smallest absolute Gasteiger partial charge is 0.160 e. The van der Waals surface area contributed by atoms with E-state index in [9.17, 15) is 0 Å². The topological polar surface area (TPSA) is 75.9 Å². The zero-order chi connectivity index (χ0) is 11.2. The van der Waals surface area contributed by atoms with Crippen LogP contribution in [0, 0.1) is 5.92 Å². The van der Waals surface area contributed by atoms with Crippen LogP contribution >= 0.6 is 0 Å². The number of nitrogens with zero attached hydrogens (tertiary/aromatic N) is 2. The van der Waals surface area contributed by atoms with Crippen molar-refractivity contribution in [3.8, 4) is 0 Å². The molecule has 1 aromatic heterocycles. The molecule has 1 aliphatic rings. The van der Waals surface area contributed by atoms with Crippen LogP contribution in [-0.2, 0) is 0 Å². The van der Waals surface area contributed by atoms with Crippen molar-refractivity contribution in [1.82, 2.24) is 9.97 Å². The second kappa shape index (κ2) is 5.65. The molecule has 1 fully saturated rings. The Hall–Kier alpha value is -1.36. The van der Waals surface area contributed by atoms with Gasteiger partial charge in [0, 0.05) is 6.54 Å². The fourth-order valence-corrected chi connectivity index (χ4v) is 2.16. The highest BCUT2D eigenvalue weighted by molar-refractivity contribution is 5.40. The van der Waals surface area contributed by atoms with Gasteiger partial charge in [0.25, 0.3) is 0 Å². The van der Waals surface area contributed by atoms with E-state index in [2.05, 4.69) is 20.7 Å². The third kappa shape index (κ3) is 3.06. The van der Waals surface area contributed by atoms with Crippen LogP contribution in [0.4, 0.5) is 11.6 Å². The van der Waals surface area contributed by atoms with E-state index in [-0.39, 0.29) is 0 Å². The molecule has 4 N–H and O–H groups in total. The van der Waals surface area contributed by atoms with Gasteiger partial charge in [-0.25, -0.2) is 10.8 Å². The standard InChI is InChI=1S/C11H19N5/c12-16-11-8-13-7-10(15-11)14-6-9-4-2-1-3-5-9/h7-9H,1-6,12H2,(H2,14,15,16). The summed E-state index contributed by atoms with van der Waals surface area (Å²) in [6.07, 6.45) is 10.1. The Morgan fingerprint density at radius 3 is 2.69 bits per heavy atom. The minimum absolute atomic E-state index is 0.591. The van der Waals surface area contributed by atoms with Gasteiger partial charge in [-0.2, -0.15) is 0 Å². The number of hydrazine groups is 1. The average Bonchev–Trinajstić information content (AvgIpc) is 2.38. The maximum atomic E-state index is 5.28. The molecule has 1 aliphatic carbocycles. The van der Waals surface area contributed by atoms with Crippen LogP contribution in [0.5, 0.6) is 0 Å². The molecule has 0 radical (unpaired) electrons. The summed E-state index contributed by atoms with van der Waals surface area (Å²) in [6, 6.07) is 0. The zero-order valence-electron chi connectivity index (χ0n) is 9.45. The lowest BCUT2D eigenvalue weighted by Gasteiger charge is -2.21. The van der Waals surface area contributed by atoms with Crippen molar-refractivity contribution in [1.29, 1.82) is 0 Å². The number of aromatic nitrogens is 2. The molecular weight excluding hydrogens is 202 g/mol. The van der Waals surface area contributed by atoms with E-state index in [0.29, 0.717) is 5.82 Å². The number of nitrogen functional groups attached to an aromatic ring is 1. The van der Waals surface area contributed by atoms with Crippen LogP contribution in [0.1, 0.15) is 32.1 Å². The molecular formula is C11H19N5. The molecule has 1 heterocycles. The van der Waals surface area contributed by atoms with E-state index in [1.807, 2.05) is 0 Å². The van der Waals surface area contributed by atoms with E-state index >= 15 is 0 Å². The largest absolute Gasteiger partial charge is 0.368 e. The van der Waals surface area contributed by atoms with Gasteiger partial charge in [-0.3, -0.25) is 4.98 Å². The summed E-state index contributed by atoms with van der Waals surface area (Å²) >= 11 is 0. The highest BCUT2D eigenvalue weighted by Crippen LogP contribution is 2.23. The number of rotatable bonds is 4. The second-order valence-electron chi connectivity index (χ2n) is 4.32. The second-order valence-corrected chi connectivity index (χ2v) is 4.32. The molecule has 5 nitrogen and oxygen atoms in total. The summed E-state index contributed by atoms with van der Waals surface area (Å²) in [5, 5.41) is 3.32. The summed E-state index contributed by atoms with van der Waals surface area (Å²) in [5.41, 5.74) is 2.49. The Bertz CT molecular complexity index is 322. The van der Waals surface area contributed by atoms with Gasteiger partial charge in [0.2, 0.25) is 0 Å². The van der Waals surface area contributed by atoms with Crippen molar-refractivity contribution in [3.05, 3.63) is 12.4 Å². The Morgan fingerprint density at radius 1 is 1.19 bits per heavy atom. The molecule has 0 spiro atoms. The van der Waals surface area contributed by atoms with E-state index < -0.39 is 0 Å². The molecule has 0 aromatic carbocycles. The molecule has 1 saturated carbocycles. The van der Waals surface area contributed by atoms with Crippen LogP contribution in [0.2, 0.25) is 0 Å². The molecule has 0 unspecified atom stereocenters. The lowest BCUT2D eigenvalue weighted by atomic mass is 9.89. The van der Waals surface area contributed by atoms with Crippen LogP contribution in [0.3, 0.4) is 0 Å². The highest BCUT2D eigenvalue weighted by Gasteiger charge is 2.13. The van der Waals surface area contributed by atoms with Crippen LogP contribution in [0.15, 0.2) is 12.4 Å². The predicted octanol–water partition coefficient (Wildman–Crippen LogP) is 1.75. The van der Waals surface area contributed by atoms with Crippen molar-refractivity contribution in [2.24, 2.45) is 11.8 Å². The third-order valence-corrected chi connectivity index (χ3v) is 3.08. The first-order chi connectivity index (χ1) is 7.88. The summed E-state index contributed by atoms with van der Waals surface area (Å²) in [7, 11) is 0. The number of anilines is 2. The van der Waals surface area contributed by atoms with Crippen molar-refractivity contribution in [2.75, 3.05) is 17.3 Å². The summed E-state index contributed by atoms with van der Waals surface area (Å²) in [4.78, 5) is 8.32. The first kappa shape index (κ1) is 11.1. The van der Waals surface area contributed by atoms with Crippen LogP contribution in [-0.4, -0.2) is 16.5 Å². The van der Waals surface area contributed by atoms with Crippen molar-refractivity contribution < 1.29 is 0 Å². The summed E-state index contributed by atoms with van der Waals surface area (Å²) in [5.74, 6) is 7.44. The van der Waals surface area contributed by atoms with Crippen LogP contribution < -0.4 is 16.6 Å². The number of hydrogen-bond acceptors (Lipinski definition) is 5. The molecule has 0 bridgehead atoms. The number of nitrogens with one attached hydrogen (secondary N) is 2. The lowest BCUT2D eigenvalue weighted by Crippen LogP contribution is -2.18. The van der Waals surface area contributed by atoms with E-state index in [4.69, 9.17) is 5.84 Å².